The van der Waals surface area contributed by atoms with Gasteiger partial charge in [0.2, 0.25) is 0 Å². The van der Waals surface area contributed by atoms with Gasteiger partial charge in [-0.15, -0.1) is 0 Å². The van der Waals surface area contributed by atoms with E-state index in [0.29, 0.717) is 45.5 Å². The summed E-state index contributed by atoms with van der Waals surface area (Å²) in [6.45, 7) is 0.168. The van der Waals surface area contributed by atoms with Gasteiger partial charge in [0, 0.05) is 41.3 Å². The maximum atomic E-state index is 13.6. The average Bonchev–Trinajstić information content (AvgIpc) is 2.82. The number of ketones is 2. The number of hydrogen-bond donors (Lipinski definition) is 1. The Kier molecular flexibility index (Phi) is 6.30. The van der Waals surface area contributed by atoms with Crippen LogP contribution in [-0.2, 0) is 16.2 Å². The molecule has 34 heavy (non-hydrogen) atoms. The van der Waals surface area contributed by atoms with E-state index in [1.165, 1.54) is 12.1 Å². The molecule has 2 aromatic rings. The zero-order valence-corrected chi connectivity index (χ0v) is 20.5. The van der Waals surface area contributed by atoms with Gasteiger partial charge in [-0.3, -0.25) is 9.59 Å². The molecule has 0 spiro atoms. The standard InChI is InChI=1S/C27H25BrFNO4/c1-33-23-13-16(12-18(28)27(23)34-14-15-5-2-6-17(29)11-15)24-25-19(7-3-9-21(25)31)30-20-8-4-10-22(32)26(20)24/h2,5-6,11-13,24,30H,3-4,7-10,14H2,1H3. The fourth-order valence-electron chi connectivity index (χ4n) is 5.15. The Balaban J connectivity index is 1.56. The van der Waals surface area contributed by atoms with E-state index in [-0.39, 0.29) is 24.0 Å². The molecule has 0 fully saturated rings. The van der Waals surface area contributed by atoms with Crippen LogP contribution in [0.1, 0.15) is 55.6 Å². The predicted octanol–water partition coefficient (Wildman–Crippen LogP) is 5.88. The molecule has 0 radical (unpaired) electrons. The van der Waals surface area contributed by atoms with E-state index in [1.807, 2.05) is 12.1 Å². The van der Waals surface area contributed by atoms with Gasteiger partial charge in [0.05, 0.1) is 11.6 Å². The number of rotatable bonds is 5. The fourth-order valence-corrected chi connectivity index (χ4v) is 5.72. The van der Waals surface area contributed by atoms with Crippen LogP contribution in [0.5, 0.6) is 11.5 Å². The Morgan fingerprint density at radius 1 is 1.00 bits per heavy atom. The normalized spacial score (nSPS) is 18.4. The number of Topliss-reactive ketones (excluding diaryl/α,β-unsaturated/α-hetero) is 2. The largest absolute Gasteiger partial charge is 0.493 e. The lowest BCUT2D eigenvalue weighted by Crippen LogP contribution is -2.36. The Hall–Kier alpha value is -2.93. The molecular weight excluding hydrogens is 501 g/mol. The van der Waals surface area contributed by atoms with Crippen molar-refractivity contribution in [2.75, 3.05) is 7.11 Å². The Bertz CT molecular complexity index is 1210. The number of carbonyl (C=O) groups excluding carboxylic acids is 2. The smallest absolute Gasteiger partial charge is 0.175 e. The monoisotopic (exact) mass is 525 g/mol. The molecule has 1 heterocycles. The van der Waals surface area contributed by atoms with E-state index in [2.05, 4.69) is 21.2 Å². The van der Waals surface area contributed by atoms with E-state index in [1.54, 1.807) is 19.2 Å². The third kappa shape index (κ3) is 4.17. The van der Waals surface area contributed by atoms with Crippen molar-refractivity contribution in [3.63, 3.8) is 0 Å². The molecule has 0 unspecified atom stereocenters. The summed E-state index contributed by atoms with van der Waals surface area (Å²) in [4.78, 5) is 26.1. The molecule has 7 heteroatoms. The number of methoxy groups -OCH3 is 1. The highest BCUT2D eigenvalue weighted by atomic mass is 79.9. The van der Waals surface area contributed by atoms with Crippen molar-refractivity contribution in [1.82, 2.24) is 5.32 Å². The van der Waals surface area contributed by atoms with Crippen LogP contribution in [-0.4, -0.2) is 18.7 Å². The molecule has 0 saturated heterocycles. The second kappa shape index (κ2) is 9.37. The van der Waals surface area contributed by atoms with Crippen LogP contribution in [0.2, 0.25) is 0 Å². The second-order valence-electron chi connectivity index (χ2n) is 8.85. The van der Waals surface area contributed by atoms with Gasteiger partial charge in [-0.1, -0.05) is 12.1 Å². The second-order valence-corrected chi connectivity index (χ2v) is 9.70. The summed E-state index contributed by atoms with van der Waals surface area (Å²) in [7, 11) is 1.55. The molecule has 0 aromatic heterocycles. The highest BCUT2D eigenvalue weighted by Crippen LogP contribution is 2.48. The highest BCUT2D eigenvalue weighted by molar-refractivity contribution is 9.10. The zero-order chi connectivity index (χ0) is 23.8. The van der Waals surface area contributed by atoms with Crippen molar-refractivity contribution in [3.8, 4) is 11.5 Å². The SMILES string of the molecule is COc1cc(C2C3=C(CCCC3=O)NC3=C2C(=O)CCC3)cc(Br)c1OCc1cccc(F)c1. The van der Waals surface area contributed by atoms with E-state index < -0.39 is 5.92 Å². The fraction of sp³-hybridized carbons (Fsp3) is 0.333. The summed E-state index contributed by atoms with van der Waals surface area (Å²) >= 11 is 3.60. The molecule has 5 rings (SSSR count). The van der Waals surface area contributed by atoms with Gasteiger partial charge in [-0.05, 0) is 77.0 Å². The van der Waals surface area contributed by atoms with Crippen LogP contribution in [0, 0.1) is 5.82 Å². The Morgan fingerprint density at radius 2 is 1.68 bits per heavy atom. The average molecular weight is 526 g/mol. The summed E-state index contributed by atoms with van der Waals surface area (Å²) in [5, 5.41) is 3.43. The summed E-state index contributed by atoms with van der Waals surface area (Å²) in [5.41, 5.74) is 4.79. The van der Waals surface area contributed by atoms with Gasteiger partial charge in [0.1, 0.15) is 12.4 Å². The third-order valence-electron chi connectivity index (χ3n) is 6.65. The molecule has 0 saturated carbocycles. The molecule has 0 bridgehead atoms. The van der Waals surface area contributed by atoms with Crippen molar-refractivity contribution in [2.24, 2.45) is 0 Å². The molecule has 2 aromatic carbocycles. The summed E-state index contributed by atoms with van der Waals surface area (Å²) in [5.74, 6) is 0.397. The highest BCUT2D eigenvalue weighted by Gasteiger charge is 2.40. The van der Waals surface area contributed by atoms with Crippen LogP contribution in [0.15, 0.2) is 63.4 Å². The minimum atomic E-state index is -0.422. The number of allylic oxidation sites excluding steroid dienone is 4. The molecule has 0 amide bonds. The van der Waals surface area contributed by atoms with Crippen LogP contribution < -0.4 is 14.8 Å². The minimum Gasteiger partial charge on any atom is -0.493 e. The molecule has 0 atom stereocenters. The molecule has 1 N–H and O–H groups in total. The first-order chi connectivity index (χ1) is 16.5. The lowest BCUT2D eigenvalue weighted by atomic mass is 9.71. The Labute approximate surface area is 206 Å². The first-order valence-electron chi connectivity index (χ1n) is 11.5. The summed E-state index contributed by atoms with van der Waals surface area (Å²) in [6, 6.07) is 9.99. The maximum Gasteiger partial charge on any atom is 0.175 e. The van der Waals surface area contributed by atoms with Crippen molar-refractivity contribution in [1.29, 1.82) is 0 Å². The first-order valence-corrected chi connectivity index (χ1v) is 12.3. The summed E-state index contributed by atoms with van der Waals surface area (Å²) in [6.07, 6.45) is 4.20. The number of benzene rings is 2. The molecule has 176 valence electrons. The van der Waals surface area contributed by atoms with Gasteiger partial charge in [-0.25, -0.2) is 4.39 Å². The lowest BCUT2D eigenvalue weighted by Gasteiger charge is -2.37. The number of carbonyl (C=O) groups is 2. The number of dihydropyridines is 1. The van der Waals surface area contributed by atoms with E-state index in [0.717, 1.165) is 42.6 Å². The first kappa shape index (κ1) is 22.8. The molecular formula is C27H25BrFNO4. The van der Waals surface area contributed by atoms with Gasteiger partial charge < -0.3 is 14.8 Å². The van der Waals surface area contributed by atoms with Gasteiger partial charge in [0.25, 0.3) is 0 Å². The van der Waals surface area contributed by atoms with Gasteiger partial charge >= 0.3 is 0 Å². The Morgan fingerprint density at radius 3 is 2.29 bits per heavy atom. The van der Waals surface area contributed by atoms with E-state index in [9.17, 15) is 14.0 Å². The van der Waals surface area contributed by atoms with Gasteiger partial charge in [-0.2, -0.15) is 0 Å². The quantitative estimate of drug-likeness (QED) is 0.528. The number of halogens is 2. The van der Waals surface area contributed by atoms with Crippen LogP contribution in [0.4, 0.5) is 4.39 Å². The van der Waals surface area contributed by atoms with E-state index in [4.69, 9.17) is 9.47 Å². The van der Waals surface area contributed by atoms with Crippen molar-refractivity contribution >= 4 is 27.5 Å². The van der Waals surface area contributed by atoms with Crippen LogP contribution >= 0.6 is 15.9 Å². The molecule has 5 nitrogen and oxygen atoms in total. The van der Waals surface area contributed by atoms with Crippen molar-refractivity contribution in [2.45, 2.75) is 51.0 Å². The number of nitrogens with one attached hydrogen (secondary N) is 1. The van der Waals surface area contributed by atoms with Crippen molar-refractivity contribution in [3.05, 3.63) is 80.4 Å². The number of ether oxygens (including phenoxy) is 2. The molecule has 2 aliphatic carbocycles. The maximum absolute atomic E-state index is 13.6. The molecule has 1 aliphatic heterocycles. The third-order valence-corrected chi connectivity index (χ3v) is 7.24. The molecule has 3 aliphatic rings. The minimum absolute atomic E-state index is 0.0881. The zero-order valence-electron chi connectivity index (χ0n) is 18.9. The van der Waals surface area contributed by atoms with Crippen LogP contribution in [0.3, 0.4) is 0 Å². The van der Waals surface area contributed by atoms with Gasteiger partial charge in [0.15, 0.2) is 23.1 Å². The predicted molar refractivity (Wildman–Crippen MR) is 129 cm³/mol. The topological polar surface area (TPSA) is 64.6 Å². The summed E-state index contributed by atoms with van der Waals surface area (Å²) < 4.78 is 25.8. The van der Waals surface area contributed by atoms with Crippen molar-refractivity contribution < 1.29 is 23.5 Å². The number of hydrogen-bond acceptors (Lipinski definition) is 5. The van der Waals surface area contributed by atoms with E-state index >= 15 is 0 Å². The van der Waals surface area contributed by atoms with Crippen LogP contribution in [0.25, 0.3) is 0 Å². The lowest BCUT2D eigenvalue weighted by molar-refractivity contribution is -0.116.